The number of alkyl halides is 2. The Bertz CT molecular complexity index is 1010. The van der Waals surface area contributed by atoms with Gasteiger partial charge in [0.2, 0.25) is 15.9 Å². The molecule has 1 N–H and O–H groups in total. The van der Waals surface area contributed by atoms with E-state index in [9.17, 15) is 22.0 Å². The standard InChI is InChI=1S/C19H22F2N2O6S/c1-12(24)22-15-7-6-14(10-17(15)27-3)30(25,26)23(2)11-13-5-8-16(29-19(20)21)18(9-13)28-4/h5-10,19H,11H2,1-4H3,(H,22,24). The summed E-state index contributed by atoms with van der Waals surface area (Å²) in [6.45, 7) is -1.74. The van der Waals surface area contributed by atoms with Crippen molar-refractivity contribution in [1.29, 1.82) is 0 Å². The summed E-state index contributed by atoms with van der Waals surface area (Å²) in [4.78, 5) is 11.2. The maximum atomic E-state index is 12.9. The number of amides is 1. The SMILES string of the molecule is COc1cc(S(=O)(=O)N(C)Cc2ccc(OC(F)F)c(OC)c2)ccc1NC(C)=O. The highest BCUT2D eigenvalue weighted by Gasteiger charge is 2.23. The van der Waals surface area contributed by atoms with Gasteiger partial charge in [-0.25, -0.2) is 8.42 Å². The quantitative estimate of drug-likeness (QED) is 0.639. The monoisotopic (exact) mass is 444 g/mol. The minimum absolute atomic E-state index is 0.0411. The number of nitrogens with one attached hydrogen (secondary N) is 1. The maximum Gasteiger partial charge on any atom is 0.387 e. The second-order valence-corrected chi connectivity index (χ2v) is 8.21. The van der Waals surface area contributed by atoms with Gasteiger partial charge in [-0.1, -0.05) is 6.07 Å². The summed E-state index contributed by atoms with van der Waals surface area (Å²) in [5.41, 5.74) is 0.840. The molecule has 0 aliphatic rings. The molecular formula is C19H22F2N2O6S. The normalized spacial score (nSPS) is 11.5. The Morgan fingerprint density at radius 2 is 1.73 bits per heavy atom. The highest BCUT2D eigenvalue weighted by Crippen LogP contribution is 2.32. The number of rotatable bonds is 9. The molecule has 0 aromatic heterocycles. The van der Waals surface area contributed by atoms with Crippen molar-refractivity contribution >= 4 is 21.6 Å². The molecule has 0 aliphatic heterocycles. The largest absolute Gasteiger partial charge is 0.495 e. The van der Waals surface area contributed by atoms with E-state index < -0.39 is 16.6 Å². The summed E-state index contributed by atoms with van der Waals surface area (Å²) < 4.78 is 66.4. The van der Waals surface area contributed by atoms with Crippen molar-refractivity contribution in [1.82, 2.24) is 4.31 Å². The van der Waals surface area contributed by atoms with Crippen molar-refractivity contribution < 1.29 is 36.2 Å². The van der Waals surface area contributed by atoms with E-state index >= 15 is 0 Å². The fourth-order valence-electron chi connectivity index (χ4n) is 2.65. The number of carbonyl (C=O) groups is 1. The number of hydrogen-bond acceptors (Lipinski definition) is 6. The average molecular weight is 444 g/mol. The fourth-order valence-corrected chi connectivity index (χ4v) is 3.83. The van der Waals surface area contributed by atoms with E-state index in [4.69, 9.17) is 9.47 Å². The van der Waals surface area contributed by atoms with Gasteiger partial charge in [0.25, 0.3) is 0 Å². The van der Waals surface area contributed by atoms with E-state index in [2.05, 4.69) is 10.1 Å². The van der Waals surface area contributed by atoms with Crippen molar-refractivity contribution in [3.8, 4) is 17.2 Å². The average Bonchev–Trinajstić information content (AvgIpc) is 2.68. The Hall–Kier alpha value is -2.92. The first kappa shape index (κ1) is 23.4. The minimum atomic E-state index is -3.92. The van der Waals surface area contributed by atoms with Gasteiger partial charge in [-0.3, -0.25) is 4.79 Å². The Morgan fingerprint density at radius 3 is 2.30 bits per heavy atom. The number of methoxy groups -OCH3 is 2. The molecule has 8 nitrogen and oxygen atoms in total. The number of benzene rings is 2. The Morgan fingerprint density at radius 1 is 1.07 bits per heavy atom. The maximum absolute atomic E-state index is 12.9. The number of anilines is 1. The van der Waals surface area contributed by atoms with E-state index in [1.165, 1.54) is 64.6 Å². The second-order valence-electron chi connectivity index (χ2n) is 6.17. The second kappa shape index (κ2) is 9.72. The Balaban J connectivity index is 2.27. The van der Waals surface area contributed by atoms with Gasteiger partial charge >= 0.3 is 6.61 Å². The third kappa shape index (κ3) is 5.57. The lowest BCUT2D eigenvalue weighted by Gasteiger charge is -2.19. The number of carbonyl (C=O) groups excluding carboxylic acids is 1. The molecule has 2 aromatic rings. The van der Waals surface area contributed by atoms with Crippen LogP contribution in [0.15, 0.2) is 41.3 Å². The third-order valence-corrected chi connectivity index (χ3v) is 5.84. The van der Waals surface area contributed by atoms with Crippen LogP contribution in [0.4, 0.5) is 14.5 Å². The molecule has 0 saturated carbocycles. The molecule has 1 amide bonds. The van der Waals surface area contributed by atoms with E-state index in [0.29, 0.717) is 11.3 Å². The van der Waals surface area contributed by atoms with Crippen LogP contribution in [0.3, 0.4) is 0 Å². The predicted octanol–water partition coefficient (Wildman–Crippen LogP) is 3.08. The van der Waals surface area contributed by atoms with Gasteiger partial charge < -0.3 is 19.5 Å². The first-order valence-electron chi connectivity index (χ1n) is 8.62. The van der Waals surface area contributed by atoms with Crippen LogP contribution in [-0.4, -0.2) is 46.5 Å². The van der Waals surface area contributed by atoms with Crippen LogP contribution in [0.1, 0.15) is 12.5 Å². The summed E-state index contributed by atoms with van der Waals surface area (Å²) in [5, 5.41) is 2.55. The lowest BCUT2D eigenvalue weighted by atomic mass is 10.2. The summed E-state index contributed by atoms with van der Waals surface area (Å²) in [5.74, 6) is -0.232. The molecule has 164 valence electrons. The topological polar surface area (TPSA) is 94.2 Å². The van der Waals surface area contributed by atoms with Crippen LogP contribution in [0.2, 0.25) is 0 Å². The first-order chi connectivity index (χ1) is 14.1. The first-order valence-corrected chi connectivity index (χ1v) is 10.1. The van der Waals surface area contributed by atoms with Crippen LogP contribution in [0, 0.1) is 0 Å². The number of halogens is 2. The molecular weight excluding hydrogens is 422 g/mol. The molecule has 30 heavy (non-hydrogen) atoms. The lowest BCUT2D eigenvalue weighted by Crippen LogP contribution is -2.26. The van der Waals surface area contributed by atoms with Crippen molar-refractivity contribution in [3.05, 3.63) is 42.0 Å². The molecule has 11 heteroatoms. The zero-order valence-corrected chi connectivity index (χ0v) is 17.6. The molecule has 0 fully saturated rings. The zero-order chi connectivity index (χ0) is 22.5. The van der Waals surface area contributed by atoms with Gasteiger partial charge in [0.15, 0.2) is 11.5 Å². The van der Waals surface area contributed by atoms with Gasteiger partial charge in [-0.2, -0.15) is 13.1 Å². The zero-order valence-electron chi connectivity index (χ0n) is 16.8. The Labute approximate surface area is 173 Å². The van der Waals surface area contributed by atoms with Crippen LogP contribution in [-0.2, 0) is 21.4 Å². The van der Waals surface area contributed by atoms with Gasteiger partial charge in [-0.15, -0.1) is 0 Å². The van der Waals surface area contributed by atoms with E-state index in [1.54, 1.807) is 0 Å². The highest BCUT2D eigenvalue weighted by molar-refractivity contribution is 7.89. The van der Waals surface area contributed by atoms with Gasteiger partial charge in [0.1, 0.15) is 5.75 Å². The van der Waals surface area contributed by atoms with Gasteiger partial charge in [0.05, 0.1) is 24.8 Å². The summed E-state index contributed by atoms with van der Waals surface area (Å²) in [6.07, 6.45) is 0. The van der Waals surface area contributed by atoms with Crippen LogP contribution in [0.5, 0.6) is 17.2 Å². The molecule has 0 spiro atoms. The lowest BCUT2D eigenvalue weighted by molar-refractivity contribution is -0.114. The predicted molar refractivity (Wildman–Crippen MR) is 106 cm³/mol. The van der Waals surface area contributed by atoms with E-state index in [1.807, 2.05) is 0 Å². The van der Waals surface area contributed by atoms with E-state index in [-0.39, 0.29) is 34.6 Å². The van der Waals surface area contributed by atoms with Gasteiger partial charge in [-0.05, 0) is 29.8 Å². The van der Waals surface area contributed by atoms with Crippen LogP contribution in [0.25, 0.3) is 0 Å². The number of hydrogen-bond donors (Lipinski definition) is 1. The molecule has 0 atom stereocenters. The molecule has 2 aromatic carbocycles. The molecule has 0 aliphatic carbocycles. The fraction of sp³-hybridized carbons (Fsp3) is 0.316. The molecule has 0 unspecified atom stereocenters. The molecule has 0 heterocycles. The van der Waals surface area contributed by atoms with Crippen molar-refractivity contribution in [2.24, 2.45) is 0 Å². The summed E-state index contributed by atoms with van der Waals surface area (Å²) in [6, 6.07) is 8.25. The third-order valence-electron chi connectivity index (χ3n) is 4.04. The Kier molecular flexibility index (Phi) is 7.57. The molecule has 0 radical (unpaired) electrons. The van der Waals surface area contributed by atoms with Gasteiger partial charge in [0, 0.05) is 26.6 Å². The number of sulfonamides is 1. The molecule has 0 saturated heterocycles. The van der Waals surface area contributed by atoms with Crippen molar-refractivity contribution in [2.45, 2.75) is 25.0 Å². The van der Waals surface area contributed by atoms with Crippen LogP contribution < -0.4 is 19.5 Å². The van der Waals surface area contributed by atoms with Crippen LogP contribution >= 0.6 is 0 Å². The van der Waals surface area contributed by atoms with E-state index in [0.717, 1.165) is 4.31 Å². The smallest absolute Gasteiger partial charge is 0.387 e. The molecule has 2 rings (SSSR count). The molecule has 0 bridgehead atoms. The highest BCUT2D eigenvalue weighted by atomic mass is 32.2. The minimum Gasteiger partial charge on any atom is -0.495 e. The summed E-state index contributed by atoms with van der Waals surface area (Å²) >= 11 is 0. The number of ether oxygens (including phenoxy) is 3. The van der Waals surface area contributed by atoms with Crippen molar-refractivity contribution in [3.63, 3.8) is 0 Å². The number of nitrogens with zero attached hydrogens (tertiary/aromatic N) is 1. The summed E-state index contributed by atoms with van der Waals surface area (Å²) in [7, 11) is 0.109. The van der Waals surface area contributed by atoms with Crippen molar-refractivity contribution in [2.75, 3.05) is 26.6 Å².